The summed E-state index contributed by atoms with van der Waals surface area (Å²) in [5, 5.41) is 3.89. The maximum atomic E-state index is 11.4. The van der Waals surface area contributed by atoms with E-state index in [1.165, 1.54) is 32.1 Å². The van der Waals surface area contributed by atoms with Crippen LogP contribution in [0.1, 0.15) is 53.9 Å². The minimum Gasteiger partial charge on any atom is -0.370 e. The Balaban J connectivity index is 2.19. The largest absolute Gasteiger partial charge is 0.370 e. The van der Waals surface area contributed by atoms with Crippen LogP contribution in [0.3, 0.4) is 0 Å². The van der Waals surface area contributed by atoms with Crippen LogP contribution in [-0.4, -0.2) is 5.97 Å². The molecule has 0 atom stereocenters. The molecule has 1 aromatic heterocycles. The molecule has 15 heavy (non-hydrogen) atoms. The summed E-state index contributed by atoms with van der Waals surface area (Å²) in [4.78, 5) is 15.7. The lowest BCUT2D eigenvalue weighted by atomic mass is 9.84. The Bertz CT molecular complexity index is 342. The van der Waals surface area contributed by atoms with E-state index in [-0.39, 0.29) is 0 Å². The molecule has 4 heteroatoms. The Kier molecular flexibility index (Phi) is 3.38. The van der Waals surface area contributed by atoms with Gasteiger partial charge in [0.25, 0.3) is 0 Å². The van der Waals surface area contributed by atoms with Crippen molar-refractivity contribution in [3.8, 4) is 0 Å². The number of carbonyl (C=O) groups excluding carboxylic acids is 1. The van der Waals surface area contributed by atoms with Crippen LogP contribution in [0.25, 0.3) is 0 Å². The first-order chi connectivity index (χ1) is 7.33. The van der Waals surface area contributed by atoms with Crippen molar-refractivity contribution < 1.29 is 9.63 Å². The summed E-state index contributed by atoms with van der Waals surface area (Å²) in [6.45, 7) is 0. The molecule has 0 aliphatic heterocycles. The number of carbonyl (C=O) groups is 1. The van der Waals surface area contributed by atoms with Crippen molar-refractivity contribution >= 4 is 17.3 Å². The SMILES string of the molecule is NOC(=O)c1cscc1C1CCCCC1. The molecule has 0 saturated heterocycles. The molecule has 1 aromatic rings. The Morgan fingerprint density at radius 3 is 2.73 bits per heavy atom. The first-order valence-electron chi connectivity index (χ1n) is 5.30. The lowest BCUT2D eigenvalue weighted by molar-refractivity contribution is 0.0502. The molecular weight excluding hydrogens is 210 g/mol. The molecule has 0 aromatic carbocycles. The molecule has 0 spiro atoms. The summed E-state index contributed by atoms with van der Waals surface area (Å²) in [5.41, 5.74) is 1.80. The quantitative estimate of drug-likeness (QED) is 0.787. The number of thiophene rings is 1. The van der Waals surface area contributed by atoms with Gasteiger partial charge < -0.3 is 4.84 Å². The van der Waals surface area contributed by atoms with Gasteiger partial charge in [0.2, 0.25) is 0 Å². The Hall–Kier alpha value is -0.870. The van der Waals surface area contributed by atoms with Gasteiger partial charge in [0.15, 0.2) is 0 Å². The molecule has 1 aliphatic carbocycles. The zero-order chi connectivity index (χ0) is 10.7. The molecule has 1 saturated carbocycles. The van der Waals surface area contributed by atoms with E-state index in [9.17, 15) is 4.79 Å². The maximum Gasteiger partial charge on any atom is 0.357 e. The Labute approximate surface area is 93.2 Å². The van der Waals surface area contributed by atoms with E-state index >= 15 is 0 Å². The molecule has 3 nitrogen and oxygen atoms in total. The van der Waals surface area contributed by atoms with Crippen LogP contribution in [0.4, 0.5) is 0 Å². The third kappa shape index (κ3) is 2.21. The second-order valence-electron chi connectivity index (χ2n) is 3.98. The minimum atomic E-state index is -0.406. The van der Waals surface area contributed by atoms with Gasteiger partial charge in [-0.05, 0) is 29.7 Å². The molecule has 1 heterocycles. The molecule has 1 fully saturated rings. The van der Waals surface area contributed by atoms with Crippen LogP contribution in [-0.2, 0) is 4.84 Å². The average Bonchev–Trinajstić information content (AvgIpc) is 2.78. The number of hydrogen-bond donors (Lipinski definition) is 1. The maximum absolute atomic E-state index is 11.4. The van der Waals surface area contributed by atoms with E-state index in [0.717, 1.165) is 5.56 Å². The van der Waals surface area contributed by atoms with Gasteiger partial charge in [0, 0.05) is 5.38 Å². The molecule has 2 N–H and O–H groups in total. The van der Waals surface area contributed by atoms with Crippen LogP contribution < -0.4 is 5.90 Å². The van der Waals surface area contributed by atoms with E-state index in [1.807, 2.05) is 5.38 Å². The molecule has 1 aliphatic rings. The molecule has 0 bridgehead atoms. The smallest absolute Gasteiger partial charge is 0.357 e. The summed E-state index contributed by atoms with van der Waals surface area (Å²) in [5.74, 6) is 5.04. The van der Waals surface area contributed by atoms with Gasteiger partial charge >= 0.3 is 5.97 Å². The van der Waals surface area contributed by atoms with E-state index < -0.39 is 5.97 Å². The average molecular weight is 225 g/mol. The standard InChI is InChI=1S/C11H15NO2S/c12-14-11(13)10-7-15-6-9(10)8-4-2-1-3-5-8/h6-8H,1-5,12H2. The lowest BCUT2D eigenvalue weighted by Crippen LogP contribution is -2.13. The van der Waals surface area contributed by atoms with Crippen LogP contribution in [0.5, 0.6) is 0 Å². The van der Waals surface area contributed by atoms with Gasteiger partial charge in [0.05, 0.1) is 5.56 Å². The summed E-state index contributed by atoms with van der Waals surface area (Å²) in [7, 11) is 0. The highest BCUT2D eigenvalue weighted by Crippen LogP contribution is 2.36. The van der Waals surface area contributed by atoms with Gasteiger partial charge in [-0.3, -0.25) is 0 Å². The summed E-state index contributed by atoms with van der Waals surface area (Å²) < 4.78 is 0. The van der Waals surface area contributed by atoms with E-state index in [0.29, 0.717) is 11.5 Å². The van der Waals surface area contributed by atoms with Crippen molar-refractivity contribution in [3.63, 3.8) is 0 Å². The third-order valence-corrected chi connectivity index (χ3v) is 3.83. The topological polar surface area (TPSA) is 52.3 Å². The summed E-state index contributed by atoms with van der Waals surface area (Å²) >= 11 is 1.55. The molecule has 82 valence electrons. The number of nitrogens with two attached hydrogens (primary N) is 1. The van der Waals surface area contributed by atoms with Gasteiger partial charge in [-0.2, -0.15) is 17.2 Å². The van der Waals surface area contributed by atoms with E-state index in [4.69, 9.17) is 5.90 Å². The number of rotatable bonds is 2. The zero-order valence-corrected chi connectivity index (χ0v) is 9.39. The van der Waals surface area contributed by atoms with Crippen molar-refractivity contribution in [2.75, 3.05) is 0 Å². The highest BCUT2D eigenvalue weighted by atomic mass is 32.1. The molecule has 0 amide bonds. The first-order valence-corrected chi connectivity index (χ1v) is 6.24. The van der Waals surface area contributed by atoms with Gasteiger partial charge in [-0.15, -0.1) is 0 Å². The van der Waals surface area contributed by atoms with Crippen molar-refractivity contribution in [3.05, 3.63) is 21.9 Å². The lowest BCUT2D eigenvalue weighted by Gasteiger charge is -2.21. The van der Waals surface area contributed by atoms with Crippen molar-refractivity contribution in [1.82, 2.24) is 0 Å². The van der Waals surface area contributed by atoms with Crippen molar-refractivity contribution in [1.29, 1.82) is 0 Å². The monoisotopic (exact) mass is 225 g/mol. The molecule has 0 radical (unpaired) electrons. The predicted octanol–water partition coefficient (Wildman–Crippen LogP) is 2.83. The van der Waals surface area contributed by atoms with Crippen LogP contribution >= 0.6 is 11.3 Å². The first kappa shape index (κ1) is 10.6. The van der Waals surface area contributed by atoms with Crippen molar-refractivity contribution in [2.24, 2.45) is 5.90 Å². The van der Waals surface area contributed by atoms with Crippen LogP contribution in [0.15, 0.2) is 10.8 Å². The second kappa shape index (κ2) is 4.77. The minimum absolute atomic E-state index is 0.406. The fraction of sp³-hybridized carbons (Fsp3) is 0.545. The van der Waals surface area contributed by atoms with Gasteiger partial charge in [-0.25, -0.2) is 4.79 Å². The fourth-order valence-corrected chi connectivity index (χ4v) is 3.17. The van der Waals surface area contributed by atoms with Crippen molar-refractivity contribution in [2.45, 2.75) is 38.0 Å². The van der Waals surface area contributed by atoms with Crippen LogP contribution in [0, 0.1) is 0 Å². The highest BCUT2D eigenvalue weighted by Gasteiger charge is 2.22. The summed E-state index contributed by atoms with van der Waals surface area (Å²) in [6, 6.07) is 0. The Morgan fingerprint density at radius 1 is 1.33 bits per heavy atom. The fourth-order valence-electron chi connectivity index (χ4n) is 2.27. The third-order valence-electron chi connectivity index (χ3n) is 3.06. The zero-order valence-electron chi connectivity index (χ0n) is 8.57. The van der Waals surface area contributed by atoms with Crippen LogP contribution in [0.2, 0.25) is 0 Å². The van der Waals surface area contributed by atoms with E-state index in [1.54, 1.807) is 11.3 Å². The molecule has 2 rings (SSSR count). The normalized spacial score (nSPS) is 17.7. The molecule has 0 unspecified atom stereocenters. The van der Waals surface area contributed by atoms with Gasteiger partial charge in [-0.1, -0.05) is 19.3 Å². The Morgan fingerprint density at radius 2 is 2.07 bits per heavy atom. The number of hydrogen-bond acceptors (Lipinski definition) is 4. The van der Waals surface area contributed by atoms with E-state index in [2.05, 4.69) is 10.2 Å². The second-order valence-corrected chi connectivity index (χ2v) is 4.72. The predicted molar refractivity (Wildman–Crippen MR) is 59.7 cm³/mol. The highest BCUT2D eigenvalue weighted by molar-refractivity contribution is 7.08. The molecular formula is C11H15NO2S. The van der Waals surface area contributed by atoms with Gasteiger partial charge in [0.1, 0.15) is 0 Å². The summed E-state index contributed by atoms with van der Waals surface area (Å²) in [6.07, 6.45) is 6.20.